The summed E-state index contributed by atoms with van der Waals surface area (Å²) in [7, 11) is 0. The van der Waals surface area contributed by atoms with Crippen LogP contribution in [0.4, 0.5) is 0 Å². The molecular formula is C15H24N2O3. The van der Waals surface area contributed by atoms with Gasteiger partial charge in [-0.3, -0.25) is 19.3 Å². The van der Waals surface area contributed by atoms with Gasteiger partial charge in [-0.2, -0.15) is 0 Å². The SMILES string of the molecule is CC(C)CCNC(=O)CCN1C(=O)C=C(C(C)C)C1=O. The second-order valence-corrected chi connectivity index (χ2v) is 5.83. The maximum absolute atomic E-state index is 12.0. The molecule has 1 heterocycles. The van der Waals surface area contributed by atoms with E-state index in [1.165, 1.54) is 6.08 Å². The first kappa shape index (κ1) is 16.4. The van der Waals surface area contributed by atoms with Crippen molar-refractivity contribution < 1.29 is 14.4 Å². The Morgan fingerprint density at radius 1 is 1.25 bits per heavy atom. The van der Waals surface area contributed by atoms with Crippen LogP contribution in [0, 0.1) is 11.8 Å². The van der Waals surface area contributed by atoms with Crippen LogP contribution in [0.1, 0.15) is 40.5 Å². The molecule has 0 atom stereocenters. The maximum atomic E-state index is 12.0. The largest absolute Gasteiger partial charge is 0.356 e. The molecule has 0 radical (unpaired) electrons. The molecule has 0 fully saturated rings. The Balaban J connectivity index is 2.38. The molecule has 0 aromatic heterocycles. The van der Waals surface area contributed by atoms with Gasteiger partial charge in [0.25, 0.3) is 11.8 Å². The molecule has 0 spiro atoms. The van der Waals surface area contributed by atoms with Gasteiger partial charge >= 0.3 is 0 Å². The Kier molecular flexibility index (Phi) is 5.92. The zero-order valence-corrected chi connectivity index (χ0v) is 12.7. The van der Waals surface area contributed by atoms with Crippen molar-refractivity contribution in [2.75, 3.05) is 13.1 Å². The molecule has 0 bridgehead atoms. The molecule has 0 saturated carbocycles. The molecule has 3 amide bonds. The van der Waals surface area contributed by atoms with E-state index in [4.69, 9.17) is 0 Å². The molecule has 1 aliphatic rings. The van der Waals surface area contributed by atoms with Gasteiger partial charge in [0.15, 0.2) is 0 Å². The highest BCUT2D eigenvalue weighted by Gasteiger charge is 2.32. The number of nitrogens with one attached hydrogen (secondary N) is 1. The van der Waals surface area contributed by atoms with Crippen molar-refractivity contribution in [3.8, 4) is 0 Å². The lowest BCUT2D eigenvalue weighted by Crippen LogP contribution is -2.36. The highest BCUT2D eigenvalue weighted by atomic mass is 16.2. The molecule has 1 rings (SSSR count). The first-order valence-corrected chi connectivity index (χ1v) is 7.17. The van der Waals surface area contributed by atoms with Crippen LogP contribution in [-0.2, 0) is 14.4 Å². The molecule has 0 unspecified atom stereocenters. The van der Waals surface area contributed by atoms with Crippen LogP contribution in [0.5, 0.6) is 0 Å². The third kappa shape index (κ3) is 4.47. The monoisotopic (exact) mass is 280 g/mol. The van der Waals surface area contributed by atoms with Crippen LogP contribution >= 0.6 is 0 Å². The highest BCUT2D eigenvalue weighted by molar-refractivity contribution is 6.16. The summed E-state index contributed by atoms with van der Waals surface area (Å²) in [5.74, 6) is -0.135. The van der Waals surface area contributed by atoms with Crippen molar-refractivity contribution in [2.24, 2.45) is 11.8 Å². The minimum Gasteiger partial charge on any atom is -0.356 e. The number of imide groups is 1. The van der Waals surface area contributed by atoms with Gasteiger partial charge in [0.1, 0.15) is 0 Å². The van der Waals surface area contributed by atoms with E-state index < -0.39 is 0 Å². The molecule has 0 aliphatic carbocycles. The summed E-state index contributed by atoms with van der Waals surface area (Å²) in [6.07, 6.45) is 2.46. The Bertz CT molecular complexity index is 425. The zero-order valence-electron chi connectivity index (χ0n) is 12.7. The molecule has 0 saturated heterocycles. The third-order valence-electron chi connectivity index (χ3n) is 3.27. The molecule has 5 nitrogen and oxygen atoms in total. The van der Waals surface area contributed by atoms with Gasteiger partial charge in [-0.25, -0.2) is 0 Å². The quantitative estimate of drug-likeness (QED) is 0.718. The zero-order chi connectivity index (χ0) is 15.3. The van der Waals surface area contributed by atoms with E-state index >= 15 is 0 Å². The van der Waals surface area contributed by atoms with Crippen LogP contribution in [0.2, 0.25) is 0 Å². The fraction of sp³-hybridized carbons (Fsp3) is 0.667. The standard InChI is InChI=1S/C15H24N2O3/c1-10(2)5-7-16-13(18)6-8-17-14(19)9-12(11(3)4)15(17)20/h9-11H,5-8H2,1-4H3,(H,16,18). The molecule has 1 aliphatic heterocycles. The second-order valence-electron chi connectivity index (χ2n) is 5.83. The van der Waals surface area contributed by atoms with Crippen molar-refractivity contribution in [2.45, 2.75) is 40.5 Å². The number of carbonyl (C=O) groups excluding carboxylic acids is 3. The van der Waals surface area contributed by atoms with Crippen molar-refractivity contribution in [1.82, 2.24) is 10.2 Å². The molecule has 20 heavy (non-hydrogen) atoms. The van der Waals surface area contributed by atoms with Gasteiger partial charge in [0.05, 0.1) is 0 Å². The van der Waals surface area contributed by atoms with Crippen LogP contribution in [0.25, 0.3) is 0 Å². The molecule has 112 valence electrons. The lowest BCUT2D eigenvalue weighted by Gasteiger charge is -2.15. The minimum absolute atomic E-state index is 0.0244. The Morgan fingerprint density at radius 3 is 2.40 bits per heavy atom. The molecular weight excluding hydrogens is 256 g/mol. The second kappa shape index (κ2) is 7.22. The summed E-state index contributed by atoms with van der Waals surface area (Å²) in [4.78, 5) is 36.5. The lowest BCUT2D eigenvalue weighted by atomic mass is 10.0. The van der Waals surface area contributed by atoms with E-state index in [1.54, 1.807) is 0 Å². The van der Waals surface area contributed by atoms with Gasteiger partial charge < -0.3 is 5.32 Å². The molecule has 0 aromatic rings. The average molecular weight is 280 g/mol. The summed E-state index contributed by atoms with van der Waals surface area (Å²) in [6, 6.07) is 0. The van der Waals surface area contributed by atoms with E-state index in [-0.39, 0.29) is 36.6 Å². The summed E-state index contributed by atoms with van der Waals surface area (Å²) in [5.41, 5.74) is 0.523. The third-order valence-corrected chi connectivity index (χ3v) is 3.27. The van der Waals surface area contributed by atoms with E-state index in [0.29, 0.717) is 18.0 Å². The Morgan fingerprint density at radius 2 is 1.90 bits per heavy atom. The molecule has 0 aromatic carbocycles. The summed E-state index contributed by atoms with van der Waals surface area (Å²) in [6.45, 7) is 8.71. The van der Waals surface area contributed by atoms with Gasteiger partial charge in [-0.15, -0.1) is 0 Å². The van der Waals surface area contributed by atoms with Crippen molar-refractivity contribution in [3.63, 3.8) is 0 Å². The summed E-state index contributed by atoms with van der Waals surface area (Å²) >= 11 is 0. The lowest BCUT2D eigenvalue weighted by molar-refractivity contribution is -0.137. The predicted molar refractivity (Wildman–Crippen MR) is 76.7 cm³/mol. The fourth-order valence-corrected chi connectivity index (χ4v) is 1.96. The Labute approximate surface area is 120 Å². The maximum Gasteiger partial charge on any atom is 0.257 e. The van der Waals surface area contributed by atoms with Crippen LogP contribution in [0.3, 0.4) is 0 Å². The fourth-order valence-electron chi connectivity index (χ4n) is 1.96. The van der Waals surface area contributed by atoms with Crippen LogP contribution in [0.15, 0.2) is 11.6 Å². The minimum atomic E-state index is -0.311. The first-order chi connectivity index (χ1) is 9.32. The summed E-state index contributed by atoms with van der Waals surface area (Å²) in [5, 5.41) is 2.80. The topological polar surface area (TPSA) is 66.5 Å². The number of hydrogen-bond donors (Lipinski definition) is 1. The number of hydrogen-bond acceptors (Lipinski definition) is 3. The van der Waals surface area contributed by atoms with Crippen LogP contribution in [-0.4, -0.2) is 35.7 Å². The molecule has 5 heteroatoms. The smallest absolute Gasteiger partial charge is 0.257 e. The van der Waals surface area contributed by atoms with Gasteiger partial charge in [0, 0.05) is 31.2 Å². The van der Waals surface area contributed by atoms with E-state index in [0.717, 1.165) is 11.3 Å². The number of nitrogens with zero attached hydrogens (tertiary/aromatic N) is 1. The normalized spacial score (nSPS) is 15.3. The number of rotatable bonds is 7. The predicted octanol–water partition coefficient (Wildman–Crippen LogP) is 1.49. The van der Waals surface area contributed by atoms with E-state index in [2.05, 4.69) is 19.2 Å². The van der Waals surface area contributed by atoms with Gasteiger partial charge in [0.2, 0.25) is 5.91 Å². The summed E-state index contributed by atoms with van der Waals surface area (Å²) < 4.78 is 0. The Hall–Kier alpha value is -1.65. The number of amides is 3. The van der Waals surface area contributed by atoms with E-state index in [1.807, 2.05) is 13.8 Å². The van der Waals surface area contributed by atoms with Gasteiger partial charge in [-0.05, 0) is 18.3 Å². The number of carbonyl (C=O) groups is 3. The van der Waals surface area contributed by atoms with E-state index in [9.17, 15) is 14.4 Å². The van der Waals surface area contributed by atoms with Crippen LogP contribution < -0.4 is 5.32 Å². The highest BCUT2D eigenvalue weighted by Crippen LogP contribution is 2.20. The first-order valence-electron chi connectivity index (χ1n) is 7.17. The van der Waals surface area contributed by atoms with Gasteiger partial charge in [-0.1, -0.05) is 27.7 Å². The molecule has 1 N–H and O–H groups in total. The van der Waals surface area contributed by atoms with Crippen molar-refractivity contribution in [3.05, 3.63) is 11.6 Å². The average Bonchev–Trinajstić information content (AvgIpc) is 2.62. The van der Waals surface area contributed by atoms with Crippen molar-refractivity contribution >= 4 is 17.7 Å². The van der Waals surface area contributed by atoms with Crippen molar-refractivity contribution in [1.29, 1.82) is 0 Å².